The van der Waals surface area contributed by atoms with E-state index in [9.17, 15) is 13.2 Å². The summed E-state index contributed by atoms with van der Waals surface area (Å²) in [7, 11) is -1.80. The minimum atomic E-state index is -3.54. The number of pyridine rings is 1. The van der Waals surface area contributed by atoms with Crippen LogP contribution in [0.3, 0.4) is 0 Å². The molecule has 0 saturated carbocycles. The van der Waals surface area contributed by atoms with E-state index >= 15 is 0 Å². The van der Waals surface area contributed by atoms with Crippen LogP contribution in [0.25, 0.3) is 0 Å². The van der Waals surface area contributed by atoms with Gasteiger partial charge < -0.3 is 9.32 Å². The van der Waals surface area contributed by atoms with Gasteiger partial charge in [0, 0.05) is 38.4 Å². The number of piperidine rings is 1. The highest BCUT2D eigenvalue weighted by molar-refractivity contribution is 7.89. The van der Waals surface area contributed by atoms with Crippen molar-refractivity contribution in [3.05, 3.63) is 48.7 Å². The molecule has 0 aliphatic carbocycles. The van der Waals surface area contributed by atoms with Crippen LogP contribution in [-0.2, 0) is 21.4 Å². The average Bonchev–Trinajstić information content (AvgIpc) is 3.15. The Balaban J connectivity index is 1.59. The van der Waals surface area contributed by atoms with E-state index in [1.807, 2.05) is 6.07 Å². The Morgan fingerprint density at radius 1 is 1.32 bits per heavy atom. The topological polar surface area (TPSA) is 83.7 Å². The number of hydrogen-bond acceptors (Lipinski definition) is 5. The van der Waals surface area contributed by atoms with Crippen LogP contribution in [0.15, 0.2) is 52.2 Å². The molecule has 0 unspecified atom stereocenters. The van der Waals surface area contributed by atoms with Crippen molar-refractivity contribution >= 4 is 15.9 Å². The summed E-state index contributed by atoms with van der Waals surface area (Å²) in [5.74, 6) is 0.586. The zero-order valence-corrected chi connectivity index (χ0v) is 14.9. The molecule has 134 valence electrons. The molecule has 0 aromatic carbocycles. The SMILES string of the molecule is CN(Cc1ccco1)C(=O)C1CCN(S(=O)(=O)c2cccnc2)CC1. The monoisotopic (exact) mass is 363 g/mol. The maximum atomic E-state index is 12.6. The number of hydrogen-bond donors (Lipinski definition) is 0. The van der Waals surface area contributed by atoms with Crippen LogP contribution in [0.1, 0.15) is 18.6 Å². The second-order valence-corrected chi connectivity index (χ2v) is 8.08. The predicted octanol–water partition coefficient (Wildman–Crippen LogP) is 1.73. The Hall–Kier alpha value is -2.19. The minimum Gasteiger partial charge on any atom is -0.467 e. The molecule has 1 aliphatic rings. The van der Waals surface area contributed by atoms with Gasteiger partial charge in [0.15, 0.2) is 0 Å². The number of carbonyl (C=O) groups is 1. The number of sulfonamides is 1. The Morgan fingerprint density at radius 3 is 2.68 bits per heavy atom. The molecule has 0 spiro atoms. The van der Waals surface area contributed by atoms with Gasteiger partial charge in [0.05, 0.1) is 12.8 Å². The molecule has 25 heavy (non-hydrogen) atoms. The van der Waals surface area contributed by atoms with E-state index in [0.29, 0.717) is 32.5 Å². The van der Waals surface area contributed by atoms with Crippen LogP contribution < -0.4 is 0 Å². The van der Waals surface area contributed by atoms with Gasteiger partial charge in [-0.15, -0.1) is 0 Å². The maximum Gasteiger partial charge on any atom is 0.244 e. The molecule has 2 aromatic rings. The van der Waals surface area contributed by atoms with Crippen LogP contribution in [-0.4, -0.2) is 48.7 Å². The molecule has 0 atom stereocenters. The number of nitrogens with zero attached hydrogens (tertiary/aromatic N) is 3. The van der Waals surface area contributed by atoms with Crippen molar-refractivity contribution < 1.29 is 17.6 Å². The van der Waals surface area contributed by atoms with E-state index in [0.717, 1.165) is 5.76 Å². The van der Waals surface area contributed by atoms with E-state index in [2.05, 4.69) is 4.98 Å². The normalized spacial score (nSPS) is 16.7. The number of furan rings is 1. The summed E-state index contributed by atoms with van der Waals surface area (Å²) in [5.41, 5.74) is 0. The first-order chi connectivity index (χ1) is 12.0. The molecule has 1 amide bonds. The lowest BCUT2D eigenvalue weighted by Crippen LogP contribution is -2.43. The molecule has 1 aliphatic heterocycles. The lowest BCUT2D eigenvalue weighted by atomic mass is 9.96. The third kappa shape index (κ3) is 3.91. The smallest absolute Gasteiger partial charge is 0.244 e. The molecule has 3 heterocycles. The summed E-state index contributed by atoms with van der Waals surface area (Å²) in [6, 6.07) is 6.76. The molecule has 1 fully saturated rings. The van der Waals surface area contributed by atoms with Crippen LogP contribution in [0.5, 0.6) is 0 Å². The maximum absolute atomic E-state index is 12.6. The molecule has 0 bridgehead atoms. The molecule has 2 aromatic heterocycles. The summed E-state index contributed by atoms with van der Waals surface area (Å²) in [5, 5.41) is 0. The molecule has 0 radical (unpaired) electrons. The van der Waals surface area contributed by atoms with Crippen LogP contribution in [0.4, 0.5) is 0 Å². The second kappa shape index (κ2) is 7.37. The van der Waals surface area contributed by atoms with Gasteiger partial charge in [-0.05, 0) is 37.1 Å². The van der Waals surface area contributed by atoms with Crippen LogP contribution in [0, 0.1) is 5.92 Å². The van der Waals surface area contributed by atoms with Gasteiger partial charge >= 0.3 is 0 Å². The summed E-state index contributed by atoms with van der Waals surface area (Å²) in [4.78, 5) is 18.3. The predicted molar refractivity (Wildman–Crippen MR) is 90.9 cm³/mol. The van der Waals surface area contributed by atoms with Gasteiger partial charge in [-0.25, -0.2) is 8.42 Å². The fourth-order valence-electron chi connectivity index (χ4n) is 3.02. The molecule has 0 N–H and O–H groups in total. The fraction of sp³-hybridized carbons (Fsp3) is 0.412. The highest BCUT2D eigenvalue weighted by Crippen LogP contribution is 2.25. The summed E-state index contributed by atoms with van der Waals surface area (Å²) < 4.78 is 31.9. The van der Waals surface area contributed by atoms with Gasteiger partial charge in [0.25, 0.3) is 0 Å². The van der Waals surface area contributed by atoms with E-state index in [-0.39, 0.29) is 16.7 Å². The highest BCUT2D eigenvalue weighted by Gasteiger charge is 2.33. The first-order valence-electron chi connectivity index (χ1n) is 8.16. The second-order valence-electron chi connectivity index (χ2n) is 6.14. The zero-order chi connectivity index (χ0) is 17.9. The zero-order valence-electron chi connectivity index (χ0n) is 14.0. The Kier molecular flexibility index (Phi) is 5.19. The first kappa shape index (κ1) is 17.6. The number of rotatable bonds is 5. The fourth-order valence-corrected chi connectivity index (χ4v) is 4.45. The van der Waals surface area contributed by atoms with Gasteiger partial charge in [0.1, 0.15) is 10.7 Å². The molecule has 1 saturated heterocycles. The van der Waals surface area contributed by atoms with Crippen molar-refractivity contribution in [3.8, 4) is 0 Å². The number of carbonyl (C=O) groups excluding carboxylic acids is 1. The minimum absolute atomic E-state index is 0.0230. The van der Waals surface area contributed by atoms with Crippen LogP contribution >= 0.6 is 0 Å². The summed E-state index contributed by atoms with van der Waals surface area (Å²) in [6.07, 6.45) is 5.50. The van der Waals surface area contributed by atoms with Crippen molar-refractivity contribution in [2.24, 2.45) is 5.92 Å². The first-order valence-corrected chi connectivity index (χ1v) is 9.60. The van der Waals surface area contributed by atoms with Gasteiger partial charge in [-0.2, -0.15) is 4.31 Å². The van der Waals surface area contributed by atoms with Crippen molar-refractivity contribution in [2.75, 3.05) is 20.1 Å². The van der Waals surface area contributed by atoms with E-state index < -0.39 is 10.0 Å². The van der Waals surface area contributed by atoms with Crippen molar-refractivity contribution in [3.63, 3.8) is 0 Å². The van der Waals surface area contributed by atoms with Crippen LogP contribution in [0.2, 0.25) is 0 Å². The van der Waals surface area contributed by atoms with Crippen molar-refractivity contribution in [2.45, 2.75) is 24.3 Å². The molecule has 3 rings (SSSR count). The lowest BCUT2D eigenvalue weighted by molar-refractivity contribution is -0.136. The van der Waals surface area contributed by atoms with Gasteiger partial charge in [0.2, 0.25) is 15.9 Å². The van der Waals surface area contributed by atoms with E-state index in [1.54, 1.807) is 36.5 Å². The number of aromatic nitrogens is 1. The van der Waals surface area contributed by atoms with E-state index in [4.69, 9.17) is 4.42 Å². The Bertz CT molecular complexity index is 798. The van der Waals surface area contributed by atoms with Gasteiger partial charge in [-0.1, -0.05) is 0 Å². The quantitative estimate of drug-likeness (QED) is 0.808. The molecule has 8 heteroatoms. The summed E-state index contributed by atoms with van der Waals surface area (Å²) >= 11 is 0. The highest BCUT2D eigenvalue weighted by atomic mass is 32.2. The average molecular weight is 363 g/mol. The lowest BCUT2D eigenvalue weighted by Gasteiger charge is -2.32. The Morgan fingerprint density at radius 2 is 2.08 bits per heavy atom. The standard InChI is InChI=1S/C17H21N3O4S/c1-19(13-15-4-3-11-24-15)17(21)14-6-9-20(10-7-14)25(22,23)16-5-2-8-18-12-16/h2-5,8,11-12,14H,6-7,9-10,13H2,1H3. The van der Waals surface area contributed by atoms with Crippen molar-refractivity contribution in [1.29, 1.82) is 0 Å². The summed E-state index contributed by atoms with van der Waals surface area (Å²) in [6.45, 7) is 1.09. The molecular formula is C17H21N3O4S. The molecule has 7 nitrogen and oxygen atoms in total. The third-order valence-electron chi connectivity index (χ3n) is 4.42. The number of amides is 1. The van der Waals surface area contributed by atoms with Crippen molar-refractivity contribution in [1.82, 2.24) is 14.2 Å². The Labute approximate surface area is 147 Å². The molecular weight excluding hydrogens is 342 g/mol. The third-order valence-corrected chi connectivity index (χ3v) is 6.31. The van der Waals surface area contributed by atoms with Gasteiger partial charge in [-0.3, -0.25) is 9.78 Å². The van der Waals surface area contributed by atoms with E-state index in [1.165, 1.54) is 16.6 Å². The largest absolute Gasteiger partial charge is 0.467 e.